The molecule has 184 valence electrons. The van der Waals surface area contributed by atoms with E-state index in [1.807, 2.05) is 81.4 Å². The molecule has 7 heteroatoms. The van der Waals surface area contributed by atoms with Crippen LogP contribution >= 0.6 is 8.15 Å². The minimum Gasteiger partial charge on any atom is -0.459 e. The van der Waals surface area contributed by atoms with Crippen LogP contribution in [0.25, 0.3) is 0 Å². The highest BCUT2D eigenvalue weighted by molar-refractivity contribution is 7.56. The largest absolute Gasteiger partial charge is 0.459 e. The van der Waals surface area contributed by atoms with Crippen molar-refractivity contribution in [3.05, 3.63) is 71.8 Å². The molecule has 3 rings (SSSR count). The predicted molar refractivity (Wildman–Crippen MR) is 135 cm³/mol. The van der Waals surface area contributed by atoms with Gasteiger partial charge >= 0.3 is 12.1 Å². The number of esters is 1. The van der Waals surface area contributed by atoms with Gasteiger partial charge in [0.2, 0.25) is 0 Å². The molecular formula is C27H36NO5P. The molecule has 0 spiro atoms. The molecule has 6 nitrogen and oxygen atoms in total. The highest BCUT2D eigenvalue weighted by Crippen LogP contribution is 2.62. The third-order valence-electron chi connectivity index (χ3n) is 5.88. The Hall–Kier alpha value is -2.43. The quantitative estimate of drug-likeness (QED) is 0.339. The number of carbonyl (C=O) groups is 2. The van der Waals surface area contributed by atoms with Gasteiger partial charge in [0.25, 0.3) is 0 Å². The van der Waals surface area contributed by atoms with Crippen LogP contribution in [0.3, 0.4) is 0 Å². The molecule has 0 bridgehead atoms. The average Bonchev–Trinajstić information content (AvgIpc) is 3.29. The number of ether oxygens (including phenoxy) is 2. The Labute approximate surface area is 204 Å². The fourth-order valence-electron chi connectivity index (χ4n) is 4.38. The monoisotopic (exact) mass is 485 g/mol. The van der Waals surface area contributed by atoms with Gasteiger partial charge in [-0.15, -0.1) is 0 Å². The number of rotatable bonds is 9. The van der Waals surface area contributed by atoms with Gasteiger partial charge in [-0.3, -0.25) is 4.79 Å². The Morgan fingerprint density at radius 1 is 0.971 bits per heavy atom. The summed E-state index contributed by atoms with van der Waals surface area (Å²) in [5.41, 5.74) is 1.36. The Bertz CT molecular complexity index is 923. The summed E-state index contributed by atoms with van der Waals surface area (Å²) in [6.07, 6.45) is 3.24. The first-order valence-corrected chi connectivity index (χ1v) is 13.1. The second-order valence-corrected chi connectivity index (χ2v) is 12.2. The molecule has 1 aliphatic carbocycles. The predicted octanol–water partition coefficient (Wildman–Crippen LogP) is 6.18. The molecule has 2 aromatic rings. The van der Waals surface area contributed by atoms with Crippen LogP contribution in [0.1, 0.15) is 57.6 Å². The van der Waals surface area contributed by atoms with Crippen molar-refractivity contribution in [3.8, 4) is 0 Å². The van der Waals surface area contributed by atoms with E-state index < -0.39 is 30.8 Å². The minimum atomic E-state index is -1.41. The van der Waals surface area contributed by atoms with E-state index in [-0.39, 0.29) is 12.6 Å². The Balaban J connectivity index is 1.84. The topological polar surface area (TPSA) is 73.9 Å². The third kappa shape index (κ3) is 7.04. The van der Waals surface area contributed by atoms with Crippen molar-refractivity contribution >= 4 is 20.2 Å². The van der Waals surface area contributed by atoms with Crippen LogP contribution in [0.4, 0.5) is 4.79 Å². The molecule has 34 heavy (non-hydrogen) atoms. The second kappa shape index (κ2) is 11.8. The van der Waals surface area contributed by atoms with Gasteiger partial charge < -0.3 is 19.3 Å². The molecule has 1 aliphatic rings. The van der Waals surface area contributed by atoms with Gasteiger partial charge in [0.05, 0.1) is 13.9 Å². The summed E-state index contributed by atoms with van der Waals surface area (Å²) < 4.78 is 17.5. The average molecular weight is 486 g/mol. The standard InChI is InChI=1S/C27H36NO5P/c1-26(2,3)33-24(29)27(17-11-12-18-27)34(31-4)23(19-21-13-7-5-8-14-21)28-25(30)32-20-22-15-9-6-10-16-22/h5-10,13-16,23H,11-12,17-20H2,1-4H3,(H,28,30). The van der Waals surface area contributed by atoms with E-state index in [0.717, 1.165) is 24.0 Å². The van der Waals surface area contributed by atoms with E-state index in [2.05, 4.69) is 5.32 Å². The van der Waals surface area contributed by atoms with E-state index in [1.165, 1.54) is 0 Å². The maximum Gasteiger partial charge on any atom is 0.408 e. The summed E-state index contributed by atoms with van der Waals surface area (Å²) in [5, 5.41) is 2.28. The van der Waals surface area contributed by atoms with Crippen LogP contribution in [0.5, 0.6) is 0 Å². The van der Waals surface area contributed by atoms with Crippen molar-refractivity contribution < 1.29 is 23.6 Å². The summed E-state index contributed by atoms with van der Waals surface area (Å²) in [6.45, 7) is 5.81. The van der Waals surface area contributed by atoms with E-state index in [4.69, 9.17) is 14.0 Å². The first kappa shape index (κ1) is 26.2. The fourth-order valence-corrected chi connectivity index (χ4v) is 7.16. The van der Waals surface area contributed by atoms with Gasteiger partial charge in [-0.1, -0.05) is 73.5 Å². The lowest BCUT2D eigenvalue weighted by molar-refractivity contribution is -0.158. The van der Waals surface area contributed by atoms with Crippen LogP contribution in [-0.2, 0) is 31.8 Å². The summed E-state index contributed by atoms with van der Waals surface area (Å²) in [7, 11) is 0.223. The minimum absolute atomic E-state index is 0.173. The number of nitrogens with one attached hydrogen (secondary N) is 1. The molecule has 1 amide bonds. The number of carbonyl (C=O) groups excluding carboxylic acids is 2. The summed E-state index contributed by atoms with van der Waals surface area (Å²) >= 11 is 0. The molecule has 1 N–H and O–H groups in total. The van der Waals surface area contributed by atoms with Crippen LogP contribution in [0, 0.1) is 0 Å². The van der Waals surface area contributed by atoms with Crippen molar-refractivity contribution in [2.45, 2.75) is 76.0 Å². The molecule has 2 unspecified atom stereocenters. The lowest BCUT2D eigenvalue weighted by Gasteiger charge is -2.40. The molecule has 0 aromatic heterocycles. The molecule has 2 aromatic carbocycles. The van der Waals surface area contributed by atoms with Gasteiger partial charge in [-0.05, 0) is 51.2 Å². The SMILES string of the molecule is COP(C(Cc1ccccc1)NC(=O)OCc1ccccc1)C1(C(=O)OC(C)(C)C)CCCC1. The zero-order chi connectivity index (χ0) is 24.6. The molecule has 0 radical (unpaired) electrons. The normalized spacial score (nSPS) is 16.9. The Morgan fingerprint density at radius 3 is 2.06 bits per heavy atom. The fraction of sp³-hybridized carbons (Fsp3) is 0.481. The van der Waals surface area contributed by atoms with Gasteiger partial charge in [-0.2, -0.15) is 0 Å². The zero-order valence-corrected chi connectivity index (χ0v) is 21.5. The van der Waals surface area contributed by atoms with E-state index >= 15 is 0 Å². The van der Waals surface area contributed by atoms with E-state index in [1.54, 1.807) is 7.11 Å². The molecule has 2 atom stereocenters. The molecule has 0 saturated heterocycles. The smallest absolute Gasteiger partial charge is 0.408 e. The third-order valence-corrected chi connectivity index (χ3v) is 8.63. The Morgan fingerprint density at radius 2 is 1.53 bits per heavy atom. The van der Waals surface area contributed by atoms with Crippen molar-refractivity contribution in [2.75, 3.05) is 7.11 Å². The van der Waals surface area contributed by atoms with Gasteiger partial charge in [0.15, 0.2) is 0 Å². The highest BCUT2D eigenvalue weighted by Gasteiger charge is 2.53. The van der Waals surface area contributed by atoms with Crippen LogP contribution in [-0.4, -0.2) is 35.7 Å². The Kier molecular flexibility index (Phi) is 9.10. The van der Waals surface area contributed by atoms with Crippen LogP contribution in [0.2, 0.25) is 0 Å². The maximum absolute atomic E-state index is 13.5. The maximum atomic E-state index is 13.5. The second-order valence-electron chi connectivity index (χ2n) is 9.66. The summed E-state index contributed by atoms with van der Waals surface area (Å²) in [6, 6.07) is 19.5. The van der Waals surface area contributed by atoms with Crippen LogP contribution in [0.15, 0.2) is 60.7 Å². The number of amides is 1. The van der Waals surface area contributed by atoms with Crippen molar-refractivity contribution in [3.63, 3.8) is 0 Å². The first-order valence-electron chi connectivity index (χ1n) is 11.8. The van der Waals surface area contributed by atoms with Gasteiger partial charge in [0.1, 0.15) is 17.4 Å². The van der Waals surface area contributed by atoms with Gasteiger partial charge in [-0.25, -0.2) is 4.79 Å². The zero-order valence-electron chi connectivity index (χ0n) is 20.6. The number of hydrogen-bond donors (Lipinski definition) is 1. The first-order chi connectivity index (χ1) is 16.2. The number of benzene rings is 2. The van der Waals surface area contributed by atoms with Crippen LogP contribution < -0.4 is 5.32 Å². The molecule has 0 aliphatic heterocycles. The van der Waals surface area contributed by atoms with Gasteiger partial charge in [0, 0.05) is 7.11 Å². The van der Waals surface area contributed by atoms with Crippen molar-refractivity contribution in [2.24, 2.45) is 0 Å². The van der Waals surface area contributed by atoms with E-state index in [0.29, 0.717) is 19.3 Å². The lowest BCUT2D eigenvalue weighted by atomic mass is 10.1. The van der Waals surface area contributed by atoms with Crippen molar-refractivity contribution in [1.29, 1.82) is 0 Å². The molecule has 0 heterocycles. The molecule has 1 saturated carbocycles. The number of alkyl carbamates (subject to hydrolysis) is 1. The summed E-state index contributed by atoms with van der Waals surface area (Å²) in [5.74, 6) is -0.640. The van der Waals surface area contributed by atoms with E-state index in [9.17, 15) is 9.59 Å². The molecule has 1 fully saturated rings. The summed E-state index contributed by atoms with van der Waals surface area (Å²) in [4.78, 5) is 26.4. The molecular weight excluding hydrogens is 449 g/mol. The number of hydrogen-bond acceptors (Lipinski definition) is 5. The highest BCUT2D eigenvalue weighted by atomic mass is 31.1. The van der Waals surface area contributed by atoms with Crippen molar-refractivity contribution in [1.82, 2.24) is 5.32 Å². The lowest BCUT2D eigenvalue weighted by Crippen LogP contribution is -2.46.